The maximum Gasteiger partial charge on any atom is 0.351 e. The monoisotopic (exact) mass is 341 g/mol. The Morgan fingerprint density at radius 2 is 2.27 bits per heavy atom. The van der Waals surface area contributed by atoms with Gasteiger partial charge >= 0.3 is 5.97 Å². The summed E-state index contributed by atoms with van der Waals surface area (Å²) in [4.78, 5) is 16.0. The third-order valence-corrected chi connectivity index (χ3v) is 4.92. The SMILES string of the molecule is COC(=O)c1sc(NC(C)c2nnc3n2CCCC3)nc1Cl. The molecule has 3 heterocycles. The van der Waals surface area contributed by atoms with Gasteiger partial charge in [0, 0.05) is 13.0 Å². The second kappa shape index (κ2) is 6.21. The number of ether oxygens (including phenoxy) is 1. The third-order valence-electron chi connectivity index (χ3n) is 3.57. The summed E-state index contributed by atoms with van der Waals surface area (Å²) in [6.45, 7) is 2.93. The van der Waals surface area contributed by atoms with Gasteiger partial charge in [-0.25, -0.2) is 9.78 Å². The Labute approximate surface area is 136 Å². The number of aromatic nitrogens is 4. The zero-order valence-electron chi connectivity index (χ0n) is 12.3. The van der Waals surface area contributed by atoms with Crippen LogP contribution in [0.4, 0.5) is 5.13 Å². The Kier molecular flexibility index (Phi) is 4.30. The van der Waals surface area contributed by atoms with Crippen LogP contribution in [0.2, 0.25) is 5.15 Å². The van der Waals surface area contributed by atoms with Crippen LogP contribution in [0, 0.1) is 0 Å². The van der Waals surface area contributed by atoms with Gasteiger partial charge in [0.1, 0.15) is 5.82 Å². The molecule has 118 valence electrons. The fraction of sp³-hybridized carbons (Fsp3) is 0.538. The van der Waals surface area contributed by atoms with E-state index >= 15 is 0 Å². The quantitative estimate of drug-likeness (QED) is 0.861. The summed E-state index contributed by atoms with van der Waals surface area (Å²) in [5, 5.41) is 12.5. The topological polar surface area (TPSA) is 81.9 Å². The molecule has 3 rings (SSSR count). The number of carbonyl (C=O) groups excluding carboxylic acids is 1. The van der Waals surface area contributed by atoms with Crippen LogP contribution < -0.4 is 5.32 Å². The number of halogens is 1. The molecule has 2 aromatic heterocycles. The number of aryl methyl sites for hydroxylation is 1. The van der Waals surface area contributed by atoms with E-state index in [4.69, 9.17) is 11.6 Å². The summed E-state index contributed by atoms with van der Waals surface area (Å²) >= 11 is 7.14. The van der Waals surface area contributed by atoms with Crippen molar-refractivity contribution in [1.82, 2.24) is 19.7 Å². The maximum absolute atomic E-state index is 11.6. The van der Waals surface area contributed by atoms with Gasteiger partial charge in [0.15, 0.2) is 21.0 Å². The third kappa shape index (κ3) is 2.80. The van der Waals surface area contributed by atoms with Crippen molar-refractivity contribution in [3.63, 3.8) is 0 Å². The normalized spacial score (nSPS) is 15.2. The van der Waals surface area contributed by atoms with Crippen LogP contribution in [0.15, 0.2) is 0 Å². The summed E-state index contributed by atoms with van der Waals surface area (Å²) in [6.07, 6.45) is 3.26. The van der Waals surface area contributed by atoms with Crippen molar-refractivity contribution in [2.75, 3.05) is 12.4 Å². The van der Waals surface area contributed by atoms with Crippen LogP contribution >= 0.6 is 22.9 Å². The number of nitrogens with zero attached hydrogens (tertiary/aromatic N) is 4. The van der Waals surface area contributed by atoms with E-state index in [-0.39, 0.29) is 11.2 Å². The number of carbonyl (C=O) groups is 1. The molecular formula is C13H16ClN5O2S. The predicted octanol–water partition coefficient (Wildman–Crippen LogP) is 2.68. The van der Waals surface area contributed by atoms with Crippen LogP contribution in [-0.2, 0) is 17.7 Å². The van der Waals surface area contributed by atoms with Gasteiger partial charge in [-0.2, -0.15) is 0 Å². The van der Waals surface area contributed by atoms with Gasteiger partial charge < -0.3 is 14.6 Å². The Morgan fingerprint density at radius 1 is 1.45 bits per heavy atom. The molecule has 0 amide bonds. The highest BCUT2D eigenvalue weighted by Crippen LogP contribution is 2.30. The minimum absolute atomic E-state index is 0.0768. The molecule has 1 N–H and O–H groups in total. The second-order valence-electron chi connectivity index (χ2n) is 5.08. The highest BCUT2D eigenvalue weighted by atomic mass is 35.5. The molecular weight excluding hydrogens is 326 g/mol. The number of hydrogen-bond acceptors (Lipinski definition) is 7. The molecule has 9 heteroatoms. The number of nitrogens with one attached hydrogen (secondary N) is 1. The summed E-state index contributed by atoms with van der Waals surface area (Å²) in [7, 11) is 1.32. The Bertz CT molecular complexity index is 699. The number of thiazole rings is 1. The highest BCUT2D eigenvalue weighted by molar-refractivity contribution is 7.18. The molecule has 0 aromatic carbocycles. The number of methoxy groups -OCH3 is 1. The molecule has 1 aliphatic heterocycles. The molecule has 7 nitrogen and oxygen atoms in total. The first-order valence-electron chi connectivity index (χ1n) is 7.03. The van der Waals surface area contributed by atoms with E-state index in [0.29, 0.717) is 10.0 Å². The van der Waals surface area contributed by atoms with Crippen molar-refractivity contribution < 1.29 is 9.53 Å². The van der Waals surface area contributed by atoms with Crippen molar-refractivity contribution in [2.45, 2.75) is 38.8 Å². The van der Waals surface area contributed by atoms with Gasteiger partial charge in [-0.15, -0.1) is 10.2 Å². The molecule has 0 spiro atoms. The maximum atomic E-state index is 11.6. The number of esters is 1. The fourth-order valence-electron chi connectivity index (χ4n) is 2.48. The van der Waals surface area contributed by atoms with E-state index in [0.717, 1.165) is 37.5 Å². The highest BCUT2D eigenvalue weighted by Gasteiger charge is 2.22. The lowest BCUT2D eigenvalue weighted by molar-refractivity contribution is 0.0606. The first-order valence-corrected chi connectivity index (χ1v) is 8.22. The van der Waals surface area contributed by atoms with Crippen molar-refractivity contribution in [2.24, 2.45) is 0 Å². The van der Waals surface area contributed by atoms with Crippen LogP contribution in [0.1, 0.15) is 47.1 Å². The summed E-state index contributed by atoms with van der Waals surface area (Å²) in [5.41, 5.74) is 0. The fourth-order valence-corrected chi connectivity index (χ4v) is 3.67. The molecule has 0 bridgehead atoms. The number of anilines is 1. The van der Waals surface area contributed by atoms with Crippen LogP contribution in [0.5, 0.6) is 0 Å². The molecule has 22 heavy (non-hydrogen) atoms. The first kappa shape index (κ1) is 15.2. The number of rotatable bonds is 4. The largest absolute Gasteiger partial charge is 0.465 e. The van der Waals surface area contributed by atoms with Gasteiger partial charge in [-0.05, 0) is 19.8 Å². The van der Waals surface area contributed by atoms with E-state index in [1.807, 2.05) is 6.92 Å². The molecule has 1 unspecified atom stereocenters. The van der Waals surface area contributed by atoms with E-state index in [1.54, 1.807) is 0 Å². The lowest BCUT2D eigenvalue weighted by atomic mass is 10.1. The average molecular weight is 342 g/mol. The lowest BCUT2D eigenvalue weighted by Crippen LogP contribution is -2.18. The molecule has 2 aromatic rings. The van der Waals surface area contributed by atoms with Crippen molar-refractivity contribution in [3.8, 4) is 0 Å². The zero-order chi connectivity index (χ0) is 15.7. The molecule has 1 atom stereocenters. The van der Waals surface area contributed by atoms with Crippen LogP contribution in [0.25, 0.3) is 0 Å². The van der Waals surface area contributed by atoms with E-state index in [1.165, 1.54) is 18.4 Å². The van der Waals surface area contributed by atoms with Gasteiger partial charge in [0.05, 0.1) is 13.2 Å². The Balaban J connectivity index is 1.78. The van der Waals surface area contributed by atoms with E-state index in [9.17, 15) is 4.79 Å². The molecule has 0 fully saturated rings. The molecule has 0 radical (unpaired) electrons. The minimum Gasteiger partial charge on any atom is -0.465 e. The smallest absolute Gasteiger partial charge is 0.351 e. The first-order chi connectivity index (χ1) is 10.6. The van der Waals surface area contributed by atoms with Crippen LogP contribution in [-0.4, -0.2) is 32.8 Å². The molecule has 0 saturated heterocycles. The van der Waals surface area contributed by atoms with Crippen molar-refractivity contribution in [3.05, 3.63) is 21.7 Å². The summed E-state index contributed by atoms with van der Waals surface area (Å²) < 4.78 is 6.83. The Morgan fingerprint density at radius 3 is 3.05 bits per heavy atom. The number of hydrogen-bond donors (Lipinski definition) is 1. The van der Waals surface area contributed by atoms with Gasteiger partial charge in [-0.3, -0.25) is 0 Å². The summed E-state index contributed by atoms with van der Waals surface area (Å²) in [5.74, 6) is 1.42. The molecule has 0 saturated carbocycles. The zero-order valence-corrected chi connectivity index (χ0v) is 13.9. The van der Waals surface area contributed by atoms with Crippen molar-refractivity contribution >= 4 is 34.0 Å². The second-order valence-corrected chi connectivity index (χ2v) is 6.44. The van der Waals surface area contributed by atoms with Crippen molar-refractivity contribution in [1.29, 1.82) is 0 Å². The van der Waals surface area contributed by atoms with Crippen LogP contribution in [0.3, 0.4) is 0 Å². The molecule has 1 aliphatic rings. The average Bonchev–Trinajstić information content (AvgIpc) is 3.10. The van der Waals surface area contributed by atoms with Gasteiger partial charge in [0.25, 0.3) is 0 Å². The van der Waals surface area contributed by atoms with E-state index in [2.05, 4.69) is 29.8 Å². The standard InChI is InChI=1S/C13H16ClN5O2S/c1-7(11-18-17-8-5-3-4-6-19(8)11)15-13-16-10(14)9(22-13)12(20)21-2/h7H,3-6H2,1-2H3,(H,15,16). The Hall–Kier alpha value is -1.67. The minimum atomic E-state index is -0.483. The molecule has 0 aliphatic carbocycles. The number of fused-ring (bicyclic) bond motifs is 1. The summed E-state index contributed by atoms with van der Waals surface area (Å²) in [6, 6.07) is -0.0768. The van der Waals surface area contributed by atoms with Gasteiger partial charge in [-0.1, -0.05) is 22.9 Å². The van der Waals surface area contributed by atoms with E-state index < -0.39 is 5.97 Å². The van der Waals surface area contributed by atoms with Gasteiger partial charge in [0.2, 0.25) is 0 Å². The lowest BCUT2D eigenvalue weighted by Gasteiger charge is -2.18. The predicted molar refractivity (Wildman–Crippen MR) is 83.5 cm³/mol.